The van der Waals surface area contributed by atoms with Crippen molar-refractivity contribution >= 4 is 26.8 Å². The number of rotatable bonds is 6. The molecule has 0 aliphatic carbocycles. The zero-order valence-corrected chi connectivity index (χ0v) is 19.7. The second-order valence-corrected chi connectivity index (χ2v) is 9.63. The topological polar surface area (TPSA) is 90.3 Å². The van der Waals surface area contributed by atoms with Gasteiger partial charge in [-0.05, 0) is 55.7 Å². The molecule has 0 atom stereocenters. The number of carbonyl (C=O) groups excluding carboxylic acids is 1. The summed E-state index contributed by atoms with van der Waals surface area (Å²) < 4.78 is 34.7. The van der Waals surface area contributed by atoms with Crippen molar-refractivity contribution in [3.8, 4) is 5.88 Å². The van der Waals surface area contributed by atoms with Crippen molar-refractivity contribution in [2.45, 2.75) is 32.3 Å². The van der Waals surface area contributed by atoms with E-state index >= 15 is 0 Å². The Labute approximate surface area is 193 Å². The average Bonchev–Trinajstić information content (AvgIpc) is 3.14. The molecule has 2 heterocycles. The number of aromatic nitrogens is 2. The summed E-state index contributed by atoms with van der Waals surface area (Å²) in [7, 11) is -2.80. The van der Waals surface area contributed by atoms with Crippen LogP contribution in [0.3, 0.4) is 0 Å². The monoisotopic (exact) mass is 463 g/mol. The normalized spacial score (nSPS) is 11.5. The minimum Gasteiger partial charge on any atom is -0.481 e. The van der Waals surface area contributed by atoms with E-state index in [1.165, 1.54) is 30.9 Å². The lowest BCUT2D eigenvalue weighted by Crippen LogP contribution is -2.32. The van der Waals surface area contributed by atoms with Gasteiger partial charge in [0.25, 0.3) is 15.9 Å². The molecule has 0 aliphatic rings. The van der Waals surface area contributed by atoms with E-state index < -0.39 is 15.9 Å². The molecule has 0 spiro atoms. The maximum Gasteiger partial charge on any atom is 0.281 e. The number of sulfonamides is 1. The number of nitrogens with one attached hydrogen (secondary N) is 1. The van der Waals surface area contributed by atoms with Crippen LogP contribution in [0.25, 0.3) is 10.9 Å². The molecule has 8 heteroatoms. The molecule has 33 heavy (non-hydrogen) atoms. The van der Waals surface area contributed by atoms with E-state index in [-0.39, 0.29) is 16.6 Å². The lowest BCUT2D eigenvalue weighted by Gasteiger charge is -2.16. The molecular formula is C25H25N3O4S. The molecule has 170 valence electrons. The Morgan fingerprint density at radius 1 is 1.00 bits per heavy atom. The zero-order valence-electron chi connectivity index (χ0n) is 18.9. The molecule has 2 aromatic carbocycles. The first-order chi connectivity index (χ1) is 15.7. The van der Waals surface area contributed by atoms with Crippen molar-refractivity contribution in [2.75, 3.05) is 7.11 Å². The minimum atomic E-state index is -4.19. The molecule has 0 radical (unpaired) electrons. The van der Waals surface area contributed by atoms with Crippen LogP contribution in [-0.2, 0) is 16.6 Å². The van der Waals surface area contributed by atoms with Crippen LogP contribution in [0, 0.1) is 20.8 Å². The van der Waals surface area contributed by atoms with Crippen LogP contribution in [0.1, 0.15) is 32.7 Å². The lowest BCUT2D eigenvalue weighted by atomic mass is 9.99. The van der Waals surface area contributed by atoms with Gasteiger partial charge in [0.2, 0.25) is 5.88 Å². The summed E-state index contributed by atoms with van der Waals surface area (Å²) in [5.74, 6) is -0.581. The fourth-order valence-corrected chi connectivity index (χ4v) is 4.99. The van der Waals surface area contributed by atoms with Crippen molar-refractivity contribution in [1.82, 2.24) is 14.3 Å². The zero-order chi connectivity index (χ0) is 23.8. The number of nitrogens with zero attached hydrogens (tertiary/aromatic N) is 2. The van der Waals surface area contributed by atoms with Crippen LogP contribution >= 0.6 is 0 Å². The highest BCUT2D eigenvalue weighted by Crippen LogP contribution is 2.25. The molecule has 0 aliphatic heterocycles. The van der Waals surface area contributed by atoms with Gasteiger partial charge in [0, 0.05) is 23.5 Å². The number of hydrogen-bond acceptors (Lipinski definition) is 5. The maximum atomic E-state index is 13.2. The van der Waals surface area contributed by atoms with Gasteiger partial charge in [0.15, 0.2) is 5.03 Å². The van der Waals surface area contributed by atoms with Gasteiger partial charge in [-0.3, -0.25) is 4.79 Å². The number of para-hydroxylation sites is 1. The summed E-state index contributed by atoms with van der Waals surface area (Å²) in [4.78, 5) is 17.2. The van der Waals surface area contributed by atoms with E-state index in [0.717, 1.165) is 27.6 Å². The summed E-state index contributed by atoms with van der Waals surface area (Å²) in [5.41, 5.74) is 5.59. The number of carbonyl (C=O) groups is 1. The van der Waals surface area contributed by atoms with Gasteiger partial charge >= 0.3 is 0 Å². The highest BCUT2D eigenvalue weighted by Gasteiger charge is 2.24. The number of aryl methyl sites for hydroxylation is 3. The minimum absolute atomic E-state index is 0.143. The Kier molecular flexibility index (Phi) is 5.95. The van der Waals surface area contributed by atoms with Gasteiger partial charge < -0.3 is 9.30 Å². The number of hydrogen-bond donors (Lipinski definition) is 1. The van der Waals surface area contributed by atoms with Crippen LogP contribution in [0.2, 0.25) is 0 Å². The van der Waals surface area contributed by atoms with Crippen LogP contribution < -0.4 is 9.46 Å². The standard InChI is InChI=1S/C25H25N3O4S/c1-16-12-17(2)20(18(3)13-16)15-28-21-9-6-5-8-19(21)14-22(28)25(29)27-33(30,31)24-11-7-10-23(26-24)32-4/h5-14H,15H2,1-4H3,(H,27,29). The third-order valence-electron chi connectivity index (χ3n) is 5.61. The van der Waals surface area contributed by atoms with Crippen LogP contribution in [0.15, 0.2) is 65.7 Å². The molecule has 1 N–H and O–H groups in total. The van der Waals surface area contributed by atoms with Crippen LogP contribution in [0.5, 0.6) is 5.88 Å². The Morgan fingerprint density at radius 2 is 1.70 bits per heavy atom. The van der Waals surface area contributed by atoms with Crippen molar-refractivity contribution in [3.05, 3.63) is 88.6 Å². The van der Waals surface area contributed by atoms with Gasteiger partial charge in [-0.1, -0.05) is 42.0 Å². The van der Waals surface area contributed by atoms with Crippen molar-refractivity contribution in [3.63, 3.8) is 0 Å². The molecule has 0 saturated carbocycles. The summed E-state index contributed by atoms with van der Waals surface area (Å²) >= 11 is 0. The molecule has 0 saturated heterocycles. The first-order valence-corrected chi connectivity index (χ1v) is 11.9. The fourth-order valence-electron chi connectivity index (χ4n) is 4.07. The summed E-state index contributed by atoms with van der Waals surface area (Å²) in [6, 6.07) is 17.9. The largest absolute Gasteiger partial charge is 0.481 e. The fraction of sp³-hybridized carbons (Fsp3) is 0.200. The van der Waals surface area contributed by atoms with Crippen molar-refractivity contribution in [1.29, 1.82) is 0 Å². The molecule has 0 fully saturated rings. The molecule has 4 rings (SSSR count). The number of benzene rings is 2. The molecule has 2 aromatic heterocycles. The predicted octanol–water partition coefficient (Wildman–Crippen LogP) is 4.14. The number of methoxy groups -OCH3 is 1. The van der Waals surface area contributed by atoms with Gasteiger partial charge in [-0.2, -0.15) is 13.4 Å². The first-order valence-electron chi connectivity index (χ1n) is 10.4. The number of fused-ring (bicyclic) bond motifs is 1. The summed E-state index contributed by atoms with van der Waals surface area (Å²) in [5, 5.41) is 0.560. The average molecular weight is 464 g/mol. The Bertz CT molecular complexity index is 1450. The smallest absolute Gasteiger partial charge is 0.281 e. The molecule has 0 unspecified atom stereocenters. The van der Waals surface area contributed by atoms with E-state index in [2.05, 4.69) is 21.8 Å². The SMILES string of the molecule is COc1cccc(S(=O)(=O)NC(=O)c2cc3ccccc3n2Cc2c(C)cc(C)cc2C)n1. The Morgan fingerprint density at radius 3 is 2.39 bits per heavy atom. The quantitative estimate of drug-likeness (QED) is 0.464. The van der Waals surface area contributed by atoms with E-state index in [1.807, 2.05) is 49.6 Å². The number of pyridine rings is 1. The van der Waals surface area contributed by atoms with Crippen LogP contribution in [-0.4, -0.2) is 31.0 Å². The maximum absolute atomic E-state index is 13.2. The summed E-state index contributed by atoms with van der Waals surface area (Å²) in [6.45, 7) is 6.57. The van der Waals surface area contributed by atoms with Gasteiger partial charge in [-0.15, -0.1) is 0 Å². The van der Waals surface area contributed by atoms with Gasteiger partial charge in [0.1, 0.15) is 5.69 Å². The highest BCUT2D eigenvalue weighted by atomic mass is 32.2. The summed E-state index contributed by atoms with van der Waals surface area (Å²) in [6.07, 6.45) is 0. The van der Waals surface area contributed by atoms with E-state index in [4.69, 9.17) is 4.74 Å². The molecule has 7 nitrogen and oxygen atoms in total. The molecule has 4 aromatic rings. The Balaban J connectivity index is 1.76. The third-order valence-corrected chi connectivity index (χ3v) is 6.84. The lowest BCUT2D eigenvalue weighted by molar-refractivity contribution is 0.0973. The Hall–Kier alpha value is -3.65. The molecule has 0 bridgehead atoms. The second kappa shape index (κ2) is 8.71. The highest BCUT2D eigenvalue weighted by molar-refractivity contribution is 7.90. The first kappa shape index (κ1) is 22.5. The van der Waals surface area contributed by atoms with Gasteiger partial charge in [0.05, 0.1) is 7.11 Å². The second-order valence-electron chi connectivity index (χ2n) is 8.00. The number of ether oxygens (including phenoxy) is 1. The van der Waals surface area contributed by atoms with E-state index in [9.17, 15) is 13.2 Å². The third kappa shape index (κ3) is 4.47. The van der Waals surface area contributed by atoms with Crippen molar-refractivity contribution < 1.29 is 17.9 Å². The van der Waals surface area contributed by atoms with E-state index in [1.54, 1.807) is 6.07 Å². The molecule has 1 amide bonds. The van der Waals surface area contributed by atoms with Crippen LogP contribution in [0.4, 0.5) is 0 Å². The van der Waals surface area contributed by atoms with Gasteiger partial charge in [-0.25, -0.2) is 4.72 Å². The van der Waals surface area contributed by atoms with Crippen molar-refractivity contribution in [2.24, 2.45) is 0 Å². The number of amides is 1. The van der Waals surface area contributed by atoms with E-state index in [0.29, 0.717) is 6.54 Å². The molecular weight excluding hydrogens is 438 g/mol. The predicted molar refractivity (Wildman–Crippen MR) is 127 cm³/mol.